The standard InChI is InChI=1S/C13H26N4/c1-6-17-13(15-9-16-17)8-14-7-12(10(2)3)11(4)5/h9-12,14H,6-8H2,1-5H3. The van der Waals surface area contributed by atoms with Gasteiger partial charge in [0.05, 0.1) is 6.54 Å². The lowest BCUT2D eigenvalue weighted by Gasteiger charge is -2.25. The van der Waals surface area contributed by atoms with Crippen molar-refractivity contribution in [2.75, 3.05) is 6.54 Å². The van der Waals surface area contributed by atoms with Gasteiger partial charge in [-0.25, -0.2) is 9.67 Å². The lowest BCUT2D eigenvalue weighted by molar-refractivity contribution is 0.274. The largest absolute Gasteiger partial charge is 0.310 e. The fourth-order valence-electron chi connectivity index (χ4n) is 2.28. The van der Waals surface area contributed by atoms with Crippen molar-refractivity contribution >= 4 is 0 Å². The number of hydrogen-bond acceptors (Lipinski definition) is 3. The average Bonchev–Trinajstić information content (AvgIpc) is 2.70. The van der Waals surface area contributed by atoms with Crippen molar-refractivity contribution in [3.8, 4) is 0 Å². The van der Waals surface area contributed by atoms with Crippen LogP contribution in [0.3, 0.4) is 0 Å². The van der Waals surface area contributed by atoms with Gasteiger partial charge in [-0.05, 0) is 31.2 Å². The Morgan fingerprint density at radius 3 is 2.41 bits per heavy atom. The van der Waals surface area contributed by atoms with Gasteiger partial charge in [0.25, 0.3) is 0 Å². The Bertz CT molecular complexity index is 309. The molecule has 1 aromatic heterocycles. The molecule has 0 aromatic carbocycles. The van der Waals surface area contributed by atoms with E-state index in [0.717, 1.165) is 25.5 Å². The Kier molecular flexibility index (Phi) is 5.62. The number of nitrogens with one attached hydrogen (secondary N) is 1. The minimum absolute atomic E-state index is 0.714. The van der Waals surface area contributed by atoms with Crippen LogP contribution in [-0.2, 0) is 13.1 Å². The van der Waals surface area contributed by atoms with E-state index in [2.05, 4.69) is 50.0 Å². The second-order valence-electron chi connectivity index (χ2n) is 5.27. The first-order valence-corrected chi connectivity index (χ1v) is 6.63. The van der Waals surface area contributed by atoms with Crippen LogP contribution >= 0.6 is 0 Å². The highest BCUT2D eigenvalue weighted by molar-refractivity contribution is 4.84. The first kappa shape index (κ1) is 14.2. The zero-order valence-electron chi connectivity index (χ0n) is 11.8. The number of aromatic nitrogens is 3. The molecule has 1 heterocycles. The molecule has 0 saturated carbocycles. The Morgan fingerprint density at radius 1 is 1.24 bits per heavy atom. The average molecular weight is 238 g/mol. The summed E-state index contributed by atoms with van der Waals surface area (Å²) >= 11 is 0. The molecule has 17 heavy (non-hydrogen) atoms. The summed E-state index contributed by atoms with van der Waals surface area (Å²) in [6.45, 7) is 14.0. The predicted octanol–water partition coefficient (Wildman–Crippen LogP) is 2.32. The SMILES string of the molecule is CCn1ncnc1CNCC(C(C)C)C(C)C. The number of aryl methyl sites for hydroxylation is 1. The van der Waals surface area contributed by atoms with E-state index in [9.17, 15) is 0 Å². The van der Waals surface area contributed by atoms with E-state index in [1.54, 1.807) is 6.33 Å². The van der Waals surface area contributed by atoms with Gasteiger partial charge in [-0.2, -0.15) is 5.10 Å². The van der Waals surface area contributed by atoms with E-state index in [1.807, 2.05) is 4.68 Å². The molecule has 0 saturated heterocycles. The molecule has 98 valence electrons. The number of hydrogen-bond donors (Lipinski definition) is 1. The summed E-state index contributed by atoms with van der Waals surface area (Å²) in [7, 11) is 0. The molecule has 0 aliphatic carbocycles. The van der Waals surface area contributed by atoms with Crippen LogP contribution in [0.4, 0.5) is 0 Å². The Labute approximate surface area is 105 Å². The monoisotopic (exact) mass is 238 g/mol. The predicted molar refractivity (Wildman–Crippen MR) is 70.6 cm³/mol. The fourth-order valence-corrected chi connectivity index (χ4v) is 2.28. The van der Waals surface area contributed by atoms with Crippen LogP contribution in [0.15, 0.2) is 6.33 Å². The molecule has 0 aliphatic heterocycles. The van der Waals surface area contributed by atoms with Gasteiger partial charge in [-0.1, -0.05) is 27.7 Å². The Morgan fingerprint density at radius 2 is 1.88 bits per heavy atom. The minimum Gasteiger partial charge on any atom is -0.310 e. The van der Waals surface area contributed by atoms with Gasteiger partial charge in [0.2, 0.25) is 0 Å². The first-order chi connectivity index (χ1) is 8.06. The van der Waals surface area contributed by atoms with Gasteiger partial charge in [0.15, 0.2) is 0 Å². The second-order valence-corrected chi connectivity index (χ2v) is 5.27. The molecular formula is C13H26N4. The maximum Gasteiger partial charge on any atom is 0.140 e. The van der Waals surface area contributed by atoms with Gasteiger partial charge < -0.3 is 5.32 Å². The van der Waals surface area contributed by atoms with E-state index < -0.39 is 0 Å². The second kappa shape index (κ2) is 6.74. The molecule has 0 aliphatic rings. The van der Waals surface area contributed by atoms with Crippen LogP contribution in [0.2, 0.25) is 0 Å². The highest BCUT2D eigenvalue weighted by Crippen LogP contribution is 2.19. The normalized spacial score (nSPS) is 12.0. The van der Waals surface area contributed by atoms with E-state index in [-0.39, 0.29) is 0 Å². The summed E-state index contributed by atoms with van der Waals surface area (Å²) in [5.74, 6) is 3.17. The Balaban J connectivity index is 2.41. The van der Waals surface area contributed by atoms with E-state index >= 15 is 0 Å². The summed E-state index contributed by atoms with van der Waals surface area (Å²) in [4.78, 5) is 4.26. The van der Waals surface area contributed by atoms with E-state index in [1.165, 1.54) is 0 Å². The molecular weight excluding hydrogens is 212 g/mol. The van der Waals surface area contributed by atoms with E-state index in [0.29, 0.717) is 17.8 Å². The topological polar surface area (TPSA) is 42.7 Å². The lowest BCUT2D eigenvalue weighted by Crippen LogP contribution is -2.30. The maximum absolute atomic E-state index is 4.26. The van der Waals surface area contributed by atoms with Crippen molar-refractivity contribution in [1.82, 2.24) is 20.1 Å². The summed E-state index contributed by atoms with van der Waals surface area (Å²) < 4.78 is 1.94. The van der Waals surface area contributed by atoms with Gasteiger partial charge in [-0.3, -0.25) is 0 Å². The molecule has 1 aromatic rings. The van der Waals surface area contributed by atoms with E-state index in [4.69, 9.17) is 0 Å². The van der Waals surface area contributed by atoms with Crippen molar-refractivity contribution in [2.45, 2.75) is 47.7 Å². The molecule has 0 radical (unpaired) electrons. The molecule has 0 atom stereocenters. The third kappa shape index (κ3) is 4.11. The van der Waals surface area contributed by atoms with Gasteiger partial charge in [0, 0.05) is 6.54 Å². The molecule has 4 nitrogen and oxygen atoms in total. The van der Waals surface area contributed by atoms with Crippen molar-refractivity contribution in [3.05, 3.63) is 12.2 Å². The van der Waals surface area contributed by atoms with Crippen molar-refractivity contribution in [1.29, 1.82) is 0 Å². The van der Waals surface area contributed by atoms with Crippen LogP contribution in [0.5, 0.6) is 0 Å². The molecule has 0 bridgehead atoms. The molecule has 0 fully saturated rings. The molecule has 0 spiro atoms. The summed E-state index contributed by atoms with van der Waals surface area (Å²) in [6, 6.07) is 0. The molecule has 4 heteroatoms. The van der Waals surface area contributed by atoms with Gasteiger partial charge >= 0.3 is 0 Å². The molecule has 0 unspecified atom stereocenters. The summed E-state index contributed by atoms with van der Waals surface area (Å²) in [5, 5.41) is 7.67. The first-order valence-electron chi connectivity index (χ1n) is 6.63. The third-order valence-corrected chi connectivity index (χ3v) is 3.37. The molecule has 1 rings (SSSR count). The fraction of sp³-hybridized carbons (Fsp3) is 0.846. The Hall–Kier alpha value is -0.900. The van der Waals surface area contributed by atoms with Crippen molar-refractivity contribution in [3.63, 3.8) is 0 Å². The lowest BCUT2D eigenvalue weighted by atomic mass is 9.85. The summed E-state index contributed by atoms with van der Waals surface area (Å²) in [6.07, 6.45) is 1.63. The van der Waals surface area contributed by atoms with Crippen LogP contribution in [0.1, 0.15) is 40.4 Å². The highest BCUT2D eigenvalue weighted by Gasteiger charge is 2.17. The van der Waals surface area contributed by atoms with Crippen molar-refractivity contribution in [2.24, 2.45) is 17.8 Å². The number of nitrogens with zero attached hydrogens (tertiary/aromatic N) is 3. The van der Waals surface area contributed by atoms with Gasteiger partial charge in [-0.15, -0.1) is 0 Å². The molecule has 1 N–H and O–H groups in total. The van der Waals surface area contributed by atoms with Crippen LogP contribution < -0.4 is 5.32 Å². The minimum atomic E-state index is 0.714. The third-order valence-electron chi connectivity index (χ3n) is 3.37. The van der Waals surface area contributed by atoms with Crippen LogP contribution in [0, 0.1) is 17.8 Å². The van der Waals surface area contributed by atoms with Crippen LogP contribution in [-0.4, -0.2) is 21.3 Å². The smallest absolute Gasteiger partial charge is 0.140 e. The molecule has 0 amide bonds. The van der Waals surface area contributed by atoms with Crippen molar-refractivity contribution < 1.29 is 0 Å². The maximum atomic E-state index is 4.26. The highest BCUT2D eigenvalue weighted by atomic mass is 15.3. The quantitative estimate of drug-likeness (QED) is 0.792. The zero-order valence-corrected chi connectivity index (χ0v) is 11.8. The summed E-state index contributed by atoms with van der Waals surface area (Å²) in [5.41, 5.74) is 0. The zero-order chi connectivity index (χ0) is 12.8. The van der Waals surface area contributed by atoms with Gasteiger partial charge in [0.1, 0.15) is 12.2 Å². The van der Waals surface area contributed by atoms with Crippen LogP contribution in [0.25, 0.3) is 0 Å². The number of rotatable bonds is 7.